The number of hydrogen-bond acceptors (Lipinski definition) is 2. The summed E-state index contributed by atoms with van der Waals surface area (Å²) in [6.45, 7) is 3.39. The van der Waals surface area contributed by atoms with Gasteiger partial charge in [0.25, 0.3) is 0 Å². The Morgan fingerprint density at radius 2 is 2.33 bits per heavy atom. The Labute approximate surface area is 107 Å². The Kier molecular flexibility index (Phi) is 5.64. The Bertz CT molecular complexity index is 329. The summed E-state index contributed by atoms with van der Waals surface area (Å²) in [6, 6.07) is 4.03. The highest BCUT2D eigenvalue weighted by Gasteiger charge is 2.12. The first-order valence-electron chi connectivity index (χ1n) is 4.75. The number of thiophene rings is 1. The third-order valence-electron chi connectivity index (χ3n) is 2.02. The normalized spacial score (nSPS) is 10.3. The minimum Gasteiger partial charge on any atom is -0.338 e. The van der Waals surface area contributed by atoms with Crippen molar-refractivity contribution in [3.05, 3.63) is 20.8 Å². The lowest BCUT2D eigenvalue weighted by molar-refractivity contribution is -0.131. The van der Waals surface area contributed by atoms with Gasteiger partial charge in [0.05, 0.1) is 10.3 Å². The molecule has 1 aromatic rings. The van der Waals surface area contributed by atoms with Gasteiger partial charge >= 0.3 is 0 Å². The van der Waals surface area contributed by atoms with Crippen molar-refractivity contribution in [1.29, 1.82) is 0 Å². The van der Waals surface area contributed by atoms with Crippen LogP contribution in [0.4, 0.5) is 0 Å². The molecule has 0 aliphatic rings. The SMILES string of the molecule is CCN(Cc1ccc(Br)s1)C(=O)CCCl. The van der Waals surface area contributed by atoms with Crippen molar-refractivity contribution in [3.8, 4) is 0 Å². The quantitative estimate of drug-likeness (QED) is 0.762. The summed E-state index contributed by atoms with van der Waals surface area (Å²) < 4.78 is 1.10. The van der Waals surface area contributed by atoms with E-state index in [0.29, 0.717) is 18.8 Å². The van der Waals surface area contributed by atoms with Gasteiger partial charge in [-0.2, -0.15) is 0 Å². The molecule has 0 radical (unpaired) electrons. The van der Waals surface area contributed by atoms with E-state index in [2.05, 4.69) is 15.9 Å². The standard InChI is InChI=1S/C10H13BrClNOS/c1-2-13(10(14)5-6-12)7-8-3-4-9(11)15-8/h3-4H,2,5-7H2,1H3. The molecule has 0 bridgehead atoms. The zero-order valence-corrected chi connectivity index (χ0v) is 11.7. The van der Waals surface area contributed by atoms with Crippen LogP contribution >= 0.6 is 38.9 Å². The average molecular weight is 311 g/mol. The second-order valence-corrected chi connectivity index (χ2v) is 5.98. The molecule has 2 nitrogen and oxygen atoms in total. The zero-order chi connectivity index (χ0) is 11.3. The maximum atomic E-state index is 11.6. The lowest BCUT2D eigenvalue weighted by Gasteiger charge is -2.19. The maximum absolute atomic E-state index is 11.6. The van der Waals surface area contributed by atoms with Gasteiger partial charge in [-0.3, -0.25) is 4.79 Å². The fraction of sp³-hybridized carbons (Fsp3) is 0.500. The van der Waals surface area contributed by atoms with Crippen molar-refractivity contribution in [3.63, 3.8) is 0 Å². The van der Waals surface area contributed by atoms with Gasteiger partial charge in [0.15, 0.2) is 0 Å². The maximum Gasteiger partial charge on any atom is 0.224 e. The lowest BCUT2D eigenvalue weighted by atomic mass is 10.3. The van der Waals surface area contributed by atoms with Crippen LogP contribution in [-0.2, 0) is 11.3 Å². The van der Waals surface area contributed by atoms with Gasteiger partial charge in [0.2, 0.25) is 5.91 Å². The minimum atomic E-state index is 0.122. The largest absolute Gasteiger partial charge is 0.338 e. The summed E-state index contributed by atoms with van der Waals surface area (Å²) >= 11 is 10.6. The zero-order valence-electron chi connectivity index (χ0n) is 8.50. The van der Waals surface area contributed by atoms with E-state index < -0.39 is 0 Å². The molecule has 0 spiro atoms. The molecule has 1 amide bonds. The van der Waals surface area contributed by atoms with Gasteiger partial charge in [-0.15, -0.1) is 22.9 Å². The molecular formula is C10H13BrClNOS. The van der Waals surface area contributed by atoms with Crippen LogP contribution in [0.3, 0.4) is 0 Å². The molecule has 0 atom stereocenters. The van der Waals surface area contributed by atoms with Gasteiger partial charge in [0, 0.05) is 23.7 Å². The molecule has 0 aliphatic carbocycles. The fourth-order valence-electron chi connectivity index (χ4n) is 1.24. The van der Waals surface area contributed by atoms with Crippen LogP contribution in [0.2, 0.25) is 0 Å². The predicted octanol–water partition coefficient (Wildman–Crippen LogP) is 3.49. The summed E-state index contributed by atoms with van der Waals surface area (Å²) in [5.74, 6) is 0.515. The molecule has 0 aliphatic heterocycles. The fourth-order valence-corrected chi connectivity index (χ4v) is 2.90. The molecule has 84 valence electrons. The highest BCUT2D eigenvalue weighted by Crippen LogP contribution is 2.23. The Morgan fingerprint density at radius 1 is 1.60 bits per heavy atom. The topological polar surface area (TPSA) is 20.3 Å². The van der Waals surface area contributed by atoms with E-state index in [1.54, 1.807) is 11.3 Å². The van der Waals surface area contributed by atoms with Crippen molar-refractivity contribution in [2.45, 2.75) is 19.9 Å². The Balaban J connectivity index is 2.57. The van der Waals surface area contributed by atoms with Gasteiger partial charge in [-0.1, -0.05) is 0 Å². The number of rotatable bonds is 5. The molecule has 15 heavy (non-hydrogen) atoms. The molecule has 0 saturated heterocycles. The van der Waals surface area contributed by atoms with Crippen LogP contribution in [0.15, 0.2) is 15.9 Å². The van der Waals surface area contributed by atoms with Crippen LogP contribution in [0, 0.1) is 0 Å². The number of carbonyl (C=O) groups is 1. The predicted molar refractivity (Wildman–Crippen MR) is 68.4 cm³/mol. The molecule has 0 N–H and O–H groups in total. The highest BCUT2D eigenvalue weighted by atomic mass is 79.9. The van der Waals surface area contributed by atoms with Crippen LogP contribution in [-0.4, -0.2) is 23.2 Å². The lowest BCUT2D eigenvalue weighted by Crippen LogP contribution is -2.29. The van der Waals surface area contributed by atoms with Crippen molar-refractivity contribution in [1.82, 2.24) is 4.90 Å². The molecule has 1 aromatic heterocycles. The average Bonchev–Trinajstić information content (AvgIpc) is 2.61. The summed E-state index contributed by atoms with van der Waals surface area (Å²) in [6.07, 6.45) is 0.419. The summed E-state index contributed by atoms with van der Waals surface area (Å²) in [5, 5.41) is 0. The number of hydrogen-bond donors (Lipinski definition) is 0. The summed E-state index contributed by atoms with van der Waals surface area (Å²) in [7, 11) is 0. The van der Waals surface area contributed by atoms with E-state index in [4.69, 9.17) is 11.6 Å². The van der Waals surface area contributed by atoms with Gasteiger partial charge in [-0.25, -0.2) is 0 Å². The van der Waals surface area contributed by atoms with Gasteiger partial charge in [-0.05, 0) is 35.0 Å². The number of alkyl halides is 1. The van der Waals surface area contributed by atoms with Crippen molar-refractivity contribution < 1.29 is 4.79 Å². The number of halogens is 2. The van der Waals surface area contributed by atoms with Crippen molar-refractivity contribution >= 4 is 44.8 Å². The molecule has 1 rings (SSSR count). The second kappa shape index (κ2) is 6.51. The van der Waals surface area contributed by atoms with Crippen molar-refractivity contribution in [2.24, 2.45) is 0 Å². The highest BCUT2D eigenvalue weighted by molar-refractivity contribution is 9.11. The van der Waals surface area contributed by atoms with Crippen LogP contribution in [0.5, 0.6) is 0 Å². The molecule has 0 saturated carbocycles. The number of carbonyl (C=O) groups excluding carboxylic acids is 1. The van der Waals surface area contributed by atoms with Gasteiger partial charge in [0.1, 0.15) is 0 Å². The van der Waals surface area contributed by atoms with E-state index in [1.807, 2.05) is 24.0 Å². The third kappa shape index (κ3) is 4.13. The molecule has 5 heteroatoms. The van der Waals surface area contributed by atoms with E-state index in [1.165, 1.54) is 4.88 Å². The Morgan fingerprint density at radius 3 is 2.80 bits per heavy atom. The van der Waals surface area contributed by atoms with E-state index in [9.17, 15) is 4.79 Å². The second-order valence-electron chi connectivity index (χ2n) is 3.05. The van der Waals surface area contributed by atoms with Crippen molar-refractivity contribution in [2.75, 3.05) is 12.4 Å². The third-order valence-corrected chi connectivity index (χ3v) is 3.82. The molecule has 0 unspecified atom stereocenters. The number of amides is 1. The van der Waals surface area contributed by atoms with E-state index >= 15 is 0 Å². The Hall–Kier alpha value is -0.0600. The first kappa shape index (κ1) is 13.0. The van der Waals surface area contributed by atoms with Crippen LogP contribution < -0.4 is 0 Å². The summed E-state index contributed by atoms with van der Waals surface area (Å²) in [5.41, 5.74) is 0. The number of nitrogens with zero attached hydrogens (tertiary/aromatic N) is 1. The summed E-state index contributed by atoms with van der Waals surface area (Å²) in [4.78, 5) is 14.6. The van der Waals surface area contributed by atoms with Crippen LogP contribution in [0.25, 0.3) is 0 Å². The first-order valence-corrected chi connectivity index (χ1v) is 6.89. The molecule has 0 aromatic carbocycles. The smallest absolute Gasteiger partial charge is 0.224 e. The molecule has 1 heterocycles. The minimum absolute atomic E-state index is 0.122. The van der Waals surface area contributed by atoms with E-state index in [0.717, 1.165) is 10.3 Å². The monoisotopic (exact) mass is 309 g/mol. The molecular weight excluding hydrogens is 298 g/mol. The van der Waals surface area contributed by atoms with Gasteiger partial charge < -0.3 is 4.90 Å². The molecule has 0 fully saturated rings. The van der Waals surface area contributed by atoms with Crippen LogP contribution in [0.1, 0.15) is 18.2 Å². The first-order chi connectivity index (χ1) is 7.17. The van der Waals surface area contributed by atoms with E-state index in [-0.39, 0.29) is 5.91 Å².